The van der Waals surface area contributed by atoms with Crippen LogP contribution in [0.4, 0.5) is 13.2 Å². The van der Waals surface area contributed by atoms with E-state index in [1.54, 1.807) is 0 Å². The lowest BCUT2D eigenvalue weighted by Gasteiger charge is -2.13. The van der Waals surface area contributed by atoms with Crippen molar-refractivity contribution in [1.82, 2.24) is 4.98 Å². The molecule has 1 aromatic heterocycles. The first-order valence-corrected chi connectivity index (χ1v) is 5.53. The van der Waals surface area contributed by atoms with Crippen molar-refractivity contribution < 1.29 is 17.9 Å². The van der Waals surface area contributed by atoms with E-state index in [0.717, 1.165) is 6.07 Å². The molecule has 0 amide bonds. The van der Waals surface area contributed by atoms with Crippen molar-refractivity contribution in [3.8, 4) is 11.6 Å². The molecule has 0 aliphatic heterocycles. The molecule has 1 aromatic carbocycles. The maximum absolute atomic E-state index is 12.8. The molecular weight excluding hydrogens is 271 g/mol. The molecule has 4 nitrogen and oxygen atoms in total. The molecule has 0 aliphatic carbocycles. The number of aromatic nitrogens is 1. The summed E-state index contributed by atoms with van der Waals surface area (Å²) in [6.07, 6.45) is -4.52. The lowest BCUT2D eigenvalue weighted by molar-refractivity contribution is -0.138. The fourth-order valence-corrected chi connectivity index (χ4v) is 1.52. The minimum absolute atomic E-state index is 0.0607. The van der Waals surface area contributed by atoms with Crippen LogP contribution in [0.3, 0.4) is 0 Å². The summed E-state index contributed by atoms with van der Waals surface area (Å²) < 4.78 is 43.6. The molecule has 3 N–H and O–H groups in total. The third-order valence-corrected chi connectivity index (χ3v) is 2.41. The lowest BCUT2D eigenvalue weighted by atomic mass is 10.2. The molecule has 0 atom stereocenters. The minimum Gasteiger partial charge on any atom is -0.438 e. The predicted octanol–water partition coefficient (Wildman–Crippen LogP) is 3.18. The molecule has 0 spiro atoms. The Bertz CT molecular complexity index is 641. The molecule has 2 rings (SSSR count). The zero-order chi connectivity index (χ0) is 14.8. The summed E-state index contributed by atoms with van der Waals surface area (Å²) >= 11 is 0. The Labute approximate surface area is 112 Å². The largest absolute Gasteiger partial charge is 0.438 e. The summed E-state index contributed by atoms with van der Waals surface area (Å²) in [6.45, 7) is 0. The molecule has 0 fully saturated rings. The normalized spacial score (nSPS) is 11.2. The number of amidine groups is 1. The monoisotopic (exact) mass is 281 g/mol. The second-order valence-electron chi connectivity index (χ2n) is 3.87. The maximum atomic E-state index is 12.8. The Hall–Kier alpha value is -2.57. The minimum atomic E-state index is -4.52. The van der Waals surface area contributed by atoms with Crippen molar-refractivity contribution in [1.29, 1.82) is 5.41 Å². The van der Waals surface area contributed by atoms with Gasteiger partial charge in [0.1, 0.15) is 17.3 Å². The van der Waals surface area contributed by atoms with Crippen molar-refractivity contribution in [3.05, 3.63) is 53.7 Å². The van der Waals surface area contributed by atoms with Gasteiger partial charge in [-0.15, -0.1) is 0 Å². The fraction of sp³-hybridized carbons (Fsp3) is 0.0769. The first-order valence-electron chi connectivity index (χ1n) is 5.53. The van der Waals surface area contributed by atoms with Crippen LogP contribution in [0.25, 0.3) is 0 Å². The van der Waals surface area contributed by atoms with Gasteiger partial charge in [-0.3, -0.25) is 5.41 Å². The second-order valence-corrected chi connectivity index (χ2v) is 3.87. The zero-order valence-corrected chi connectivity index (χ0v) is 10.1. The number of ether oxygens (including phenoxy) is 1. The first kappa shape index (κ1) is 13.9. The van der Waals surface area contributed by atoms with Crippen LogP contribution in [0, 0.1) is 5.41 Å². The van der Waals surface area contributed by atoms with Crippen molar-refractivity contribution in [2.24, 2.45) is 5.73 Å². The average Bonchev–Trinajstić information content (AvgIpc) is 2.38. The zero-order valence-electron chi connectivity index (χ0n) is 10.1. The Kier molecular flexibility index (Phi) is 3.60. The molecule has 0 saturated heterocycles. The summed E-state index contributed by atoms with van der Waals surface area (Å²) in [6, 6.07) is 9.17. The number of nitrogen functional groups attached to an aromatic ring is 1. The molecule has 0 aliphatic rings. The van der Waals surface area contributed by atoms with E-state index in [9.17, 15) is 13.2 Å². The van der Waals surface area contributed by atoms with Crippen LogP contribution < -0.4 is 10.5 Å². The molecule has 20 heavy (non-hydrogen) atoms. The standard InChI is InChI=1S/C13H10F3N3O/c14-13(15,16)8-4-1-2-6-10(8)20-11-7-3-5-9(19-11)12(17)18/h1-7H,(H3,17,18). The second kappa shape index (κ2) is 5.20. The Morgan fingerprint density at radius 3 is 2.45 bits per heavy atom. The maximum Gasteiger partial charge on any atom is 0.419 e. The number of nitrogens with zero attached hydrogens (tertiary/aromatic N) is 1. The third-order valence-electron chi connectivity index (χ3n) is 2.41. The van der Waals surface area contributed by atoms with Gasteiger partial charge in [-0.25, -0.2) is 4.98 Å². The van der Waals surface area contributed by atoms with Crippen LogP contribution in [0.5, 0.6) is 11.6 Å². The number of hydrogen-bond acceptors (Lipinski definition) is 3. The smallest absolute Gasteiger partial charge is 0.419 e. The van der Waals surface area contributed by atoms with E-state index in [0.29, 0.717) is 0 Å². The number of nitrogens with one attached hydrogen (secondary N) is 1. The van der Waals surface area contributed by atoms with Gasteiger partial charge in [-0.05, 0) is 18.2 Å². The number of benzene rings is 1. The van der Waals surface area contributed by atoms with Crippen molar-refractivity contribution in [2.75, 3.05) is 0 Å². The topological polar surface area (TPSA) is 72.0 Å². The number of pyridine rings is 1. The summed E-state index contributed by atoms with van der Waals surface area (Å²) in [5.41, 5.74) is 4.50. The number of rotatable bonds is 3. The predicted molar refractivity (Wildman–Crippen MR) is 66.8 cm³/mol. The van der Waals surface area contributed by atoms with Gasteiger partial charge >= 0.3 is 6.18 Å². The highest BCUT2D eigenvalue weighted by atomic mass is 19.4. The lowest BCUT2D eigenvalue weighted by Crippen LogP contribution is -2.13. The van der Waals surface area contributed by atoms with Crippen LogP contribution in [0.15, 0.2) is 42.5 Å². The molecule has 1 heterocycles. The van der Waals surface area contributed by atoms with Gasteiger partial charge in [0.05, 0.1) is 5.56 Å². The summed E-state index contributed by atoms with van der Waals surface area (Å²) in [7, 11) is 0. The van der Waals surface area contributed by atoms with Crippen molar-refractivity contribution in [3.63, 3.8) is 0 Å². The molecule has 0 bridgehead atoms. The summed E-state index contributed by atoms with van der Waals surface area (Å²) in [5, 5.41) is 7.23. The molecule has 0 unspecified atom stereocenters. The van der Waals surface area contributed by atoms with Gasteiger partial charge in [-0.2, -0.15) is 13.2 Å². The molecule has 7 heteroatoms. The number of nitrogens with two attached hydrogens (primary N) is 1. The van der Waals surface area contributed by atoms with E-state index < -0.39 is 11.7 Å². The van der Waals surface area contributed by atoms with Crippen LogP contribution in [-0.4, -0.2) is 10.8 Å². The van der Waals surface area contributed by atoms with Crippen LogP contribution in [0.2, 0.25) is 0 Å². The molecule has 2 aromatic rings. The van der Waals surface area contributed by atoms with Gasteiger partial charge in [0, 0.05) is 6.07 Å². The quantitative estimate of drug-likeness (QED) is 0.670. The van der Waals surface area contributed by atoms with Gasteiger partial charge < -0.3 is 10.5 Å². The van der Waals surface area contributed by atoms with Crippen molar-refractivity contribution in [2.45, 2.75) is 6.18 Å². The highest BCUT2D eigenvalue weighted by Crippen LogP contribution is 2.37. The number of alkyl halides is 3. The van der Waals surface area contributed by atoms with Crippen LogP contribution in [-0.2, 0) is 6.18 Å². The van der Waals surface area contributed by atoms with E-state index in [4.69, 9.17) is 15.9 Å². The third kappa shape index (κ3) is 3.05. The molecule has 0 radical (unpaired) electrons. The number of halogens is 3. The number of hydrogen-bond donors (Lipinski definition) is 2. The van der Waals surface area contributed by atoms with E-state index in [1.807, 2.05) is 0 Å². The van der Waals surface area contributed by atoms with Crippen LogP contribution in [0.1, 0.15) is 11.3 Å². The molecule has 0 saturated carbocycles. The van der Waals surface area contributed by atoms with Gasteiger partial charge in [0.25, 0.3) is 0 Å². The molecule has 104 valence electrons. The number of para-hydroxylation sites is 1. The highest BCUT2D eigenvalue weighted by Gasteiger charge is 2.34. The Morgan fingerprint density at radius 2 is 1.80 bits per heavy atom. The SMILES string of the molecule is N=C(N)c1cccc(Oc2ccccc2C(F)(F)F)n1. The van der Waals surface area contributed by atoms with E-state index in [-0.39, 0.29) is 23.2 Å². The first-order chi connectivity index (χ1) is 9.38. The van der Waals surface area contributed by atoms with Crippen molar-refractivity contribution >= 4 is 5.84 Å². The fourth-order valence-electron chi connectivity index (χ4n) is 1.52. The summed E-state index contributed by atoms with van der Waals surface area (Å²) in [4.78, 5) is 3.85. The van der Waals surface area contributed by atoms with E-state index >= 15 is 0 Å². The van der Waals surface area contributed by atoms with Gasteiger partial charge in [0.15, 0.2) is 0 Å². The van der Waals surface area contributed by atoms with E-state index in [1.165, 1.54) is 36.4 Å². The summed E-state index contributed by atoms with van der Waals surface area (Å²) in [5.74, 6) is -0.706. The van der Waals surface area contributed by atoms with Gasteiger partial charge in [0.2, 0.25) is 5.88 Å². The average molecular weight is 281 g/mol. The Morgan fingerprint density at radius 1 is 1.10 bits per heavy atom. The molecular formula is C13H10F3N3O. The Balaban J connectivity index is 2.36. The van der Waals surface area contributed by atoms with Crippen LogP contribution >= 0.6 is 0 Å². The highest BCUT2D eigenvalue weighted by molar-refractivity contribution is 5.93. The van der Waals surface area contributed by atoms with Gasteiger partial charge in [-0.1, -0.05) is 18.2 Å². The van der Waals surface area contributed by atoms with E-state index in [2.05, 4.69) is 4.98 Å².